The lowest BCUT2D eigenvalue weighted by atomic mass is 10.1. The maximum atomic E-state index is 11.8. The van der Waals surface area contributed by atoms with Crippen LogP contribution < -0.4 is 10.9 Å². The molecule has 0 radical (unpaired) electrons. The largest absolute Gasteiger partial charge is 0.331 e. The van der Waals surface area contributed by atoms with Crippen molar-refractivity contribution in [3.05, 3.63) is 68.6 Å². The van der Waals surface area contributed by atoms with Gasteiger partial charge < -0.3 is 0 Å². The van der Waals surface area contributed by atoms with Gasteiger partial charge in [0.15, 0.2) is 0 Å². The highest BCUT2D eigenvalue weighted by atomic mass is 79.9. The zero-order chi connectivity index (χ0) is 19.1. The van der Waals surface area contributed by atoms with Gasteiger partial charge in [-0.25, -0.2) is 10.9 Å². The molecule has 0 saturated heterocycles. The molecule has 0 heterocycles. The van der Waals surface area contributed by atoms with Gasteiger partial charge in [0, 0.05) is 8.95 Å². The standard InChI is InChI=1S/C18H16Br2N4O2/c1-11(13-5-3-7-15(19)9-13)21-23-17(25)18(26)24-22-12(2)14-6-4-8-16(20)10-14/h3-10H,1-2H3,(H,23,25)(H,24,26)/b21-11+,22-12+. The normalized spacial score (nSPS) is 11.8. The summed E-state index contributed by atoms with van der Waals surface area (Å²) in [6.45, 7) is 3.46. The molecule has 2 aromatic rings. The molecule has 0 unspecified atom stereocenters. The number of benzene rings is 2. The van der Waals surface area contributed by atoms with E-state index in [1.165, 1.54) is 0 Å². The monoisotopic (exact) mass is 478 g/mol. The van der Waals surface area contributed by atoms with Crippen LogP contribution >= 0.6 is 31.9 Å². The summed E-state index contributed by atoms with van der Waals surface area (Å²) < 4.78 is 1.79. The molecule has 0 spiro atoms. The first-order valence-corrected chi connectivity index (χ1v) is 9.16. The van der Waals surface area contributed by atoms with E-state index < -0.39 is 11.8 Å². The molecule has 6 nitrogen and oxygen atoms in total. The summed E-state index contributed by atoms with van der Waals surface area (Å²) in [5.41, 5.74) is 7.22. The lowest BCUT2D eigenvalue weighted by molar-refractivity contribution is -0.139. The molecule has 0 aliphatic heterocycles. The van der Waals surface area contributed by atoms with Crippen LogP contribution in [0.3, 0.4) is 0 Å². The Morgan fingerprint density at radius 2 is 1.15 bits per heavy atom. The minimum atomic E-state index is -0.898. The van der Waals surface area contributed by atoms with E-state index in [2.05, 4.69) is 52.9 Å². The zero-order valence-electron chi connectivity index (χ0n) is 14.1. The second-order valence-electron chi connectivity index (χ2n) is 5.30. The van der Waals surface area contributed by atoms with Gasteiger partial charge in [-0.3, -0.25) is 9.59 Å². The lowest BCUT2D eigenvalue weighted by Gasteiger charge is -2.04. The summed E-state index contributed by atoms with van der Waals surface area (Å²) in [6, 6.07) is 14.9. The van der Waals surface area contributed by atoms with Crippen molar-refractivity contribution in [3.63, 3.8) is 0 Å². The van der Waals surface area contributed by atoms with Crippen LogP contribution in [0.4, 0.5) is 0 Å². The zero-order valence-corrected chi connectivity index (χ0v) is 17.3. The fourth-order valence-corrected chi connectivity index (χ4v) is 2.73. The summed E-state index contributed by atoms with van der Waals surface area (Å²) in [6.07, 6.45) is 0. The number of halogens is 2. The smallest absolute Gasteiger partial charge is 0.262 e. The van der Waals surface area contributed by atoms with Crippen molar-refractivity contribution < 1.29 is 9.59 Å². The molecular weight excluding hydrogens is 464 g/mol. The summed E-state index contributed by atoms with van der Waals surface area (Å²) in [7, 11) is 0. The third kappa shape index (κ3) is 5.89. The van der Waals surface area contributed by atoms with Crippen molar-refractivity contribution >= 4 is 55.1 Å². The molecule has 2 aromatic carbocycles. The third-order valence-electron chi connectivity index (χ3n) is 3.34. The van der Waals surface area contributed by atoms with Crippen molar-refractivity contribution in [3.8, 4) is 0 Å². The Morgan fingerprint density at radius 3 is 1.50 bits per heavy atom. The van der Waals surface area contributed by atoms with Crippen molar-refractivity contribution in [2.24, 2.45) is 10.2 Å². The molecule has 0 saturated carbocycles. The average Bonchev–Trinajstić information content (AvgIpc) is 2.63. The van der Waals surface area contributed by atoms with Gasteiger partial charge in [-0.05, 0) is 49.2 Å². The predicted molar refractivity (Wildman–Crippen MR) is 109 cm³/mol. The van der Waals surface area contributed by atoms with E-state index >= 15 is 0 Å². The first-order chi connectivity index (χ1) is 12.4. The number of carbonyl (C=O) groups is 2. The van der Waals surface area contributed by atoms with Crippen LogP contribution in [-0.2, 0) is 9.59 Å². The number of rotatable bonds is 4. The molecule has 134 valence electrons. The molecule has 0 bridgehead atoms. The van der Waals surface area contributed by atoms with E-state index in [1.807, 2.05) is 48.5 Å². The number of nitrogens with zero attached hydrogens (tertiary/aromatic N) is 2. The highest BCUT2D eigenvalue weighted by Crippen LogP contribution is 2.13. The molecular formula is C18H16Br2N4O2. The Balaban J connectivity index is 1.96. The minimum absolute atomic E-state index is 0.571. The molecule has 26 heavy (non-hydrogen) atoms. The molecule has 0 aliphatic carbocycles. The Labute approximate surface area is 168 Å². The van der Waals surface area contributed by atoms with Crippen LogP contribution in [0.5, 0.6) is 0 Å². The van der Waals surface area contributed by atoms with Gasteiger partial charge in [-0.1, -0.05) is 56.1 Å². The second-order valence-corrected chi connectivity index (χ2v) is 7.13. The Morgan fingerprint density at radius 1 is 0.769 bits per heavy atom. The van der Waals surface area contributed by atoms with Crippen LogP contribution in [-0.4, -0.2) is 23.2 Å². The highest BCUT2D eigenvalue weighted by molar-refractivity contribution is 9.10. The number of hydrazone groups is 2. The van der Waals surface area contributed by atoms with Gasteiger partial charge in [0.1, 0.15) is 0 Å². The van der Waals surface area contributed by atoms with Crippen LogP contribution in [0, 0.1) is 0 Å². The maximum Gasteiger partial charge on any atom is 0.331 e. The molecule has 0 atom stereocenters. The van der Waals surface area contributed by atoms with E-state index in [0.29, 0.717) is 11.4 Å². The highest BCUT2D eigenvalue weighted by Gasteiger charge is 2.12. The fraction of sp³-hybridized carbons (Fsp3) is 0.111. The van der Waals surface area contributed by atoms with Gasteiger partial charge in [-0.2, -0.15) is 10.2 Å². The second kappa shape index (κ2) is 9.40. The van der Waals surface area contributed by atoms with Crippen molar-refractivity contribution in [1.29, 1.82) is 0 Å². The number of nitrogens with one attached hydrogen (secondary N) is 2. The molecule has 0 aromatic heterocycles. The minimum Gasteiger partial charge on any atom is -0.262 e. The Kier molecular flexibility index (Phi) is 7.23. The van der Waals surface area contributed by atoms with E-state index in [1.54, 1.807) is 13.8 Å². The SMILES string of the molecule is C/C(=N\NC(=O)C(=O)N/N=C(\C)c1cccc(Br)c1)c1cccc(Br)c1. The molecule has 2 N–H and O–H groups in total. The molecule has 2 rings (SSSR count). The van der Waals surface area contributed by atoms with Gasteiger partial charge in [0.05, 0.1) is 11.4 Å². The average molecular weight is 480 g/mol. The van der Waals surface area contributed by atoms with Crippen LogP contribution in [0.15, 0.2) is 67.7 Å². The lowest BCUT2D eigenvalue weighted by Crippen LogP contribution is -2.36. The molecule has 2 amide bonds. The molecule has 0 aliphatic rings. The van der Waals surface area contributed by atoms with Gasteiger partial charge >= 0.3 is 11.8 Å². The number of carbonyl (C=O) groups excluding carboxylic acids is 2. The summed E-state index contributed by atoms with van der Waals surface area (Å²) in [5, 5.41) is 7.87. The Bertz CT molecular complexity index is 821. The number of amides is 2. The van der Waals surface area contributed by atoms with Crippen molar-refractivity contribution in [2.45, 2.75) is 13.8 Å². The van der Waals surface area contributed by atoms with Gasteiger partial charge in [0.2, 0.25) is 0 Å². The number of hydrogen-bond donors (Lipinski definition) is 2. The summed E-state index contributed by atoms with van der Waals surface area (Å²) >= 11 is 6.73. The summed E-state index contributed by atoms with van der Waals surface area (Å²) in [4.78, 5) is 23.7. The quantitative estimate of drug-likeness (QED) is 0.399. The maximum absolute atomic E-state index is 11.8. The third-order valence-corrected chi connectivity index (χ3v) is 4.33. The Hall–Kier alpha value is -2.32. The number of hydrogen-bond acceptors (Lipinski definition) is 4. The fourth-order valence-electron chi connectivity index (χ4n) is 1.93. The first-order valence-electron chi connectivity index (χ1n) is 7.57. The van der Waals surface area contributed by atoms with E-state index in [-0.39, 0.29) is 0 Å². The van der Waals surface area contributed by atoms with E-state index in [4.69, 9.17) is 0 Å². The summed E-state index contributed by atoms with van der Waals surface area (Å²) in [5.74, 6) is -1.80. The first kappa shape index (κ1) is 20.0. The molecule has 0 fully saturated rings. The van der Waals surface area contributed by atoms with Gasteiger partial charge in [0.25, 0.3) is 0 Å². The molecule has 8 heteroatoms. The van der Waals surface area contributed by atoms with E-state index in [9.17, 15) is 9.59 Å². The van der Waals surface area contributed by atoms with Gasteiger partial charge in [-0.15, -0.1) is 0 Å². The van der Waals surface area contributed by atoms with Crippen LogP contribution in [0.1, 0.15) is 25.0 Å². The van der Waals surface area contributed by atoms with Crippen molar-refractivity contribution in [2.75, 3.05) is 0 Å². The van der Waals surface area contributed by atoms with Crippen LogP contribution in [0.25, 0.3) is 0 Å². The predicted octanol–water partition coefficient (Wildman–Crippen LogP) is 3.59. The van der Waals surface area contributed by atoms with Crippen LogP contribution in [0.2, 0.25) is 0 Å². The van der Waals surface area contributed by atoms with Crippen molar-refractivity contribution in [1.82, 2.24) is 10.9 Å². The topological polar surface area (TPSA) is 82.9 Å². The van der Waals surface area contributed by atoms with E-state index in [0.717, 1.165) is 20.1 Å².